The van der Waals surface area contributed by atoms with Gasteiger partial charge in [0, 0.05) is 28.3 Å². The van der Waals surface area contributed by atoms with E-state index in [9.17, 15) is 14.4 Å². The van der Waals surface area contributed by atoms with Gasteiger partial charge < -0.3 is 15.2 Å². The number of benzene rings is 1. The van der Waals surface area contributed by atoms with Gasteiger partial charge in [0.1, 0.15) is 10.6 Å². The van der Waals surface area contributed by atoms with E-state index in [2.05, 4.69) is 5.32 Å². The minimum absolute atomic E-state index is 0.0573. The highest BCUT2D eigenvalue weighted by molar-refractivity contribution is 7.17. The van der Waals surface area contributed by atoms with Crippen molar-refractivity contribution in [2.75, 3.05) is 11.9 Å². The number of rotatable bonds is 8. The molecular formula is C19H20ClNO5S. The van der Waals surface area contributed by atoms with Crippen molar-refractivity contribution in [3.63, 3.8) is 0 Å². The molecule has 6 nitrogen and oxygen atoms in total. The van der Waals surface area contributed by atoms with E-state index in [1.54, 1.807) is 31.2 Å². The molecule has 1 aromatic heterocycles. The lowest BCUT2D eigenvalue weighted by Gasteiger charge is -2.09. The van der Waals surface area contributed by atoms with Gasteiger partial charge in [-0.1, -0.05) is 23.7 Å². The van der Waals surface area contributed by atoms with Gasteiger partial charge in [-0.3, -0.25) is 9.59 Å². The number of hydrogen-bond donors (Lipinski definition) is 2. The van der Waals surface area contributed by atoms with Crippen LogP contribution in [0.1, 0.15) is 41.4 Å². The van der Waals surface area contributed by atoms with Gasteiger partial charge in [-0.05, 0) is 38.0 Å². The fourth-order valence-electron chi connectivity index (χ4n) is 2.58. The molecular weight excluding hydrogens is 390 g/mol. The van der Waals surface area contributed by atoms with Crippen LogP contribution in [0.4, 0.5) is 5.00 Å². The molecule has 0 saturated carbocycles. The average molecular weight is 410 g/mol. The number of carbonyl (C=O) groups is 3. The van der Waals surface area contributed by atoms with Crippen LogP contribution in [0.25, 0.3) is 11.1 Å². The summed E-state index contributed by atoms with van der Waals surface area (Å²) in [6.45, 7) is 3.78. The molecule has 0 fully saturated rings. The van der Waals surface area contributed by atoms with E-state index in [0.29, 0.717) is 21.2 Å². The number of carbonyl (C=O) groups excluding carboxylic acids is 2. The van der Waals surface area contributed by atoms with Crippen molar-refractivity contribution in [2.24, 2.45) is 0 Å². The van der Waals surface area contributed by atoms with Gasteiger partial charge in [0.25, 0.3) is 0 Å². The largest absolute Gasteiger partial charge is 0.481 e. The van der Waals surface area contributed by atoms with E-state index in [1.807, 2.05) is 6.92 Å². The zero-order valence-electron chi connectivity index (χ0n) is 15.0. The Morgan fingerprint density at radius 1 is 1.19 bits per heavy atom. The summed E-state index contributed by atoms with van der Waals surface area (Å²) in [5.41, 5.74) is 1.78. The highest BCUT2D eigenvalue weighted by Crippen LogP contribution is 2.40. The number of carboxylic acid groups (broad SMARTS) is 1. The summed E-state index contributed by atoms with van der Waals surface area (Å²) >= 11 is 7.23. The zero-order chi connectivity index (χ0) is 20.0. The second-order valence-electron chi connectivity index (χ2n) is 5.76. The quantitative estimate of drug-likeness (QED) is 0.614. The SMILES string of the molecule is CCOC(=O)c1c(NC(=O)CCCC(=O)O)sc(C)c1-c1ccc(Cl)cc1. The van der Waals surface area contributed by atoms with Crippen molar-refractivity contribution in [3.05, 3.63) is 39.7 Å². The molecule has 0 aliphatic carbocycles. The van der Waals surface area contributed by atoms with Gasteiger partial charge in [0.15, 0.2) is 0 Å². The number of aliphatic carboxylic acids is 1. The number of aryl methyl sites for hydroxylation is 1. The second-order valence-corrected chi connectivity index (χ2v) is 7.42. The Bertz CT molecular complexity index is 845. The first-order chi connectivity index (χ1) is 12.8. The average Bonchev–Trinajstić information content (AvgIpc) is 2.91. The number of thiophene rings is 1. The third kappa shape index (κ3) is 5.55. The Morgan fingerprint density at radius 3 is 2.44 bits per heavy atom. The molecule has 0 unspecified atom stereocenters. The maximum atomic E-state index is 12.6. The fourth-order valence-corrected chi connectivity index (χ4v) is 3.79. The van der Waals surface area contributed by atoms with Crippen LogP contribution in [0, 0.1) is 6.92 Å². The van der Waals surface area contributed by atoms with Crippen molar-refractivity contribution >= 4 is 45.8 Å². The van der Waals surface area contributed by atoms with Gasteiger partial charge in [0.05, 0.1) is 6.61 Å². The van der Waals surface area contributed by atoms with Crippen LogP contribution in [0.3, 0.4) is 0 Å². The number of amides is 1. The van der Waals surface area contributed by atoms with Crippen molar-refractivity contribution in [1.82, 2.24) is 0 Å². The molecule has 1 heterocycles. The molecule has 1 amide bonds. The molecule has 2 aromatic rings. The van der Waals surface area contributed by atoms with E-state index >= 15 is 0 Å². The minimum Gasteiger partial charge on any atom is -0.481 e. The molecule has 8 heteroatoms. The molecule has 0 spiro atoms. The van der Waals surface area contributed by atoms with Crippen molar-refractivity contribution in [2.45, 2.75) is 33.1 Å². The molecule has 0 aliphatic heterocycles. The first-order valence-electron chi connectivity index (χ1n) is 8.41. The van der Waals surface area contributed by atoms with Crippen LogP contribution in [0.15, 0.2) is 24.3 Å². The molecule has 0 radical (unpaired) electrons. The van der Waals surface area contributed by atoms with E-state index in [0.717, 1.165) is 10.4 Å². The topological polar surface area (TPSA) is 92.7 Å². The molecule has 0 saturated heterocycles. The van der Waals surface area contributed by atoms with Crippen LogP contribution in [0.2, 0.25) is 5.02 Å². The summed E-state index contributed by atoms with van der Waals surface area (Å²) in [5, 5.41) is 12.4. The van der Waals surface area contributed by atoms with E-state index < -0.39 is 11.9 Å². The third-order valence-corrected chi connectivity index (χ3v) is 5.02. The van der Waals surface area contributed by atoms with Gasteiger partial charge >= 0.3 is 11.9 Å². The molecule has 1 aromatic carbocycles. The standard InChI is InChI=1S/C19H20ClNO5S/c1-3-26-19(25)17-16(12-7-9-13(20)10-8-12)11(2)27-18(17)21-14(22)5-4-6-15(23)24/h7-10H,3-6H2,1-2H3,(H,21,22)(H,23,24). The Kier molecular flexibility index (Phi) is 7.38. The van der Waals surface area contributed by atoms with E-state index in [-0.39, 0.29) is 31.8 Å². The summed E-state index contributed by atoms with van der Waals surface area (Å²) in [6.07, 6.45) is 0.198. The molecule has 0 aliphatic rings. The summed E-state index contributed by atoms with van der Waals surface area (Å²) < 4.78 is 5.17. The Balaban J connectivity index is 2.35. The molecule has 2 N–H and O–H groups in total. The predicted octanol–water partition coefficient (Wildman–Crippen LogP) is 4.75. The Hall–Kier alpha value is -2.38. The number of carboxylic acids is 1. The van der Waals surface area contributed by atoms with Crippen molar-refractivity contribution in [1.29, 1.82) is 0 Å². The van der Waals surface area contributed by atoms with Crippen LogP contribution >= 0.6 is 22.9 Å². The zero-order valence-corrected chi connectivity index (χ0v) is 16.6. The van der Waals surface area contributed by atoms with Gasteiger partial charge in [-0.15, -0.1) is 11.3 Å². The smallest absolute Gasteiger partial charge is 0.341 e. The fraction of sp³-hybridized carbons (Fsp3) is 0.316. The van der Waals surface area contributed by atoms with Crippen LogP contribution in [-0.2, 0) is 14.3 Å². The molecule has 0 bridgehead atoms. The van der Waals surface area contributed by atoms with Gasteiger partial charge in [-0.2, -0.15) is 0 Å². The summed E-state index contributed by atoms with van der Waals surface area (Å²) in [4.78, 5) is 36.1. The number of hydrogen-bond acceptors (Lipinski definition) is 5. The normalized spacial score (nSPS) is 10.5. The molecule has 27 heavy (non-hydrogen) atoms. The van der Waals surface area contributed by atoms with Gasteiger partial charge in [0.2, 0.25) is 5.91 Å². The van der Waals surface area contributed by atoms with E-state index in [1.165, 1.54) is 11.3 Å². The first-order valence-corrected chi connectivity index (χ1v) is 9.61. The minimum atomic E-state index is -0.952. The number of anilines is 1. The maximum Gasteiger partial charge on any atom is 0.341 e. The summed E-state index contributed by atoms with van der Waals surface area (Å²) in [5.74, 6) is -1.81. The summed E-state index contributed by atoms with van der Waals surface area (Å²) in [7, 11) is 0. The van der Waals surface area contributed by atoms with Crippen molar-refractivity contribution in [3.8, 4) is 11.1 Å². The van der Waals surface area contributed by atoms with Crippen LogP contribution in [-0.4, -0.2) is 29.6 Å². The predicted molar refractivity (Wildman–Crippen MR) is 106 cm³/mol. The van der Waals surface area contributed by atoms with Crippen LogP contribution in [0.5, 0.6) is 0 Å². The van der Waals surface area contributed by atoms with Gasteiger partial charge in [-0.25, -0.2) is 4.79 Å². The lowest BCUT2D eigenvalue weighted by atomic mass is 10.0. The number of esters is 1. The third-order valence-electron chi connectivity index (χ3n) is 3.74. The van der Waals surface area contributed by atoms with Crippen molar-refractivity contribution < 1.29 is 24.2 Å². The Morgan fingerprint density at radius 2 is 1.85 bits per heavy atom. The highest BCUT2D eigenvalue weighted by atomic mass is 35.5. The molecule has 2 rings (SSSR count). The first kappa shape index (κ1) is 20.9. The Labute approximate surface area is 166 Å². The number of nitrogens with one attached hydrogen (secondary N) is 1. The monoisotopic (exact) mass is 409 g/mol. The maximum absolute atomic E-state index is 12.6. The summed E-state index contributed by atoms with van der Waals surface area (Å²) in [6, 6.07) is 7.07. The number of halogens is 1. The second kappa shape index (κ2) is 9.53. The van der Waals surface area contributed by atoms with Crippen LogP contribution < -0.4 is 5.32 Å². The lowest BCUT2D eigenvalue weighted by molar-refractivity contribution is -0.137. The molecule has 0 atom stereocenters. The highest BCUT2D eigenvalue weighted by Gasteiger charge is 2.25. The molecule has 144 valence electrons. The lowest BCUT2D eigenvalue weighted by Crippen LogP contribution is -2.14. The number of ether oxygens (including phenoxy) is 1. The van der Waals surface area contributed by atoms with E-state index in [4.69, 9.17) is 21.4 Å².